The second-order valence-electron chi connectivity index (χ2n) is 3.20. The highest BCUT2D eigenvalue weighted by molar-refractivity contribution is 9.10. The SMILES string of the molecule is CC#CCNC(C)c1ccc(Br)cc1F. The van der Waals surface area contributed by atoms with Crippen molar-refractivity contribution in [3.05, 3.63) is 34.1 Å². The molecule has 3 heteroatoms. The zero-order valence-electron chi connectivity index (χ0n) is 8.77. The third-order valence-corrected chi connectivity index (χ3v) is 2.60. The molecule has 0 saturated carbocycles. The molecule has 0 heterocycles. The molecule has 0 bridgehead atoms. The van der Waals surface area contributed by atoms with Gasteiger partial charge in [-0.2, -0.15) is 0 Å². The number of halogens is 2. The van der Waals surface area contributed by atoms with Crippen LogP contribution in [0.25, 0.3) is 0 Å². The summed E-state index contributed by atoms with van der Waals surface area (Å²) in [5.74, 6) is 5.47. The first kappa shape index (κ1) is 12.2. The standard InChI is InChI=1S/C12H13BrFN/c1-3-4-7-15-9(2)11-6-5-10(13)8-12(11)14/h5-6,8-9,15H,7H2,1-2H3. The van der Waals surface area contributed by atoms with Crippen LogP contribution < -0.4 is 5.32 Å². The molecule has 0 spiro atoms. The lowest BCUT2D eigenvalue weighted by Crippen LogP contribution is -2.19. The molecule has 0 aliphatic heterocycles. The van der Waals surface area contributed by atoms with Gasteiger partial charge in [-0.15, -0.1) is 5.92 Å². The fraction of sp³-hybridized carbons (Fsp3) is 0.333. The first-order valence-electron chi connectivity index (χ1n) is 4.73. The third-order valence-electron chi connectivity index (χ3n) is 2.10. The quantitative estimate of drug-likeness (QED) is 0.831. The van der Waals surface area contributed by atoms with Crippen LogP contribution >= 0.6 is 15.9 Å². The molecular weight excluding hydrogens is 257 g/mol. The van der Waals surface area contributed by atoms with Crippen LogP contribution in [0.2, 0.25) is 0 Å². The van der Waals surface area contributed by atoms with Crippen LogP contribution in [0.1, 0.15) is 25.5 Å². The summed E-state index contributed by atoms with van der Waals surface area (Å²) in [6, 6.07) is 5.05. The van der Waals surface area contributed by atoms with Crippen molar-refractivity contribution in [2.75, 3.05) is 6.54 Å². The number of rotatable bonds is 3. The Morgan fingerprint density at radius 3 is 2.87 bits per heavy atom. The van der Waals surface area contributed by atoms with Gasteiger partial charge in [-0.1, -0.05) is 27.9 Å². The average molecular weight is 270 g/mol. The fourth-order valence-corrected chi connectivity index (χ4v) is 1.59. The van der Waals surface area contributed by atoms with Gasteiger partial charge >= 0.3 is 0 Å². The number of hydrogen-bond acceptors (Lipinski definition) is 1. The summed E-state index contributed by atoms with van der Waals surface area (Å²) in [4.78, 5) is 0. The van der Waals surface area contributed by atoms with Crippen LogP contribution in [0.15, 0.2) is 22.7 Å². The van der Waals surface area contributed by atoms with Crippen molar-refractivity contribution in [3.8, 4) is 11.8 Å². The molecule has 80 valence electrons. The fourth-order valence-electron chi connectivity index (χ4n) is 1.26. The molecule has 1 atom stereocenters. The Morgan fingerprint density at radius 1 is 1.53 bits per heavy atom. The van der Waals surface area contributed by atoms with Crippen LogP contribution in [0.3, 0.4) is 0 Å². The molecular formula is C12H13BrFN. The Hall–Kier alpha value is -0.850. The van der Waals surface area contributed by atoms with Gasteiger partial charge in [-0.05, 0) is 26.0 Å². The van der Waals surface area contributed by atoms with Crippen molar-refractivity contribution in [2.45, 2.75) is 19.9 Å². The lowest BCUT2D eigenvalue weighted by molar-refractivity contribution is 0.551. The maximum absolute atomic E-state index is 13.5. The van der Waals surface area contributed by atoms with Crippen molar-refractivity contribution in [1.82, 2.24) is 5.32 Å². The van der Waals surface area contributed by atoms with E-state index in [2.05, 4.69) is 33.1 Å². The molecule has 1 rings (SSSR count). The second-order valence-corrected chi connectivity index (χ2v) is 4.11. The largest absolute Gasteiger partial charge is 0.299 e. The number of benzene rings is 1. The molecule has 1 unspecified atom stereocenters. The van der Waals surface area contributed by atoms with E-state index in [0.29, 0.717) is 12.1 Å². The van der Waals surface area contributed by atoms with Gasteiger partial charge in [0.05, 0.1) is 6.54 Å². The zero-order valence-corrected chi connectivity index (χ0v) is 10.4. The molecule has 0 amide bonds. The average Bonchev–Trinajstić information content (AvgIpc) is 2.17. The Kier molecular flexibility index (Phi) is 4.80. The smallest absolute Gasteiger partial charge is 0.129 e. The molecule has 1 aromatic carbocycles. The van der Waals surface area contributed by atoms with Crippen LogP contribution in [-0.2, 0) is 0 Å². The Labute approximate surface area is 98.2 Å². The number of nitrogens with one attached hydrogen (secondary N) is 1. The maximum Gasteiger partial charge on any atom is 0.129 e. The Balaban J connectivity index is 2.71. The van der Waals surface area contributed by atoms with Crippen molar-refractivity contribution in [2.24, 2.45) is 0 Å². The normalized spacial score (nSPS) is 11.7. The third kappa shape index (κ3) is 3.65. The molecule has 0 radical (unpaired) electrons. The van der Waals surface area contributed by atoms with E-state index in [-0.39, 0.29) is 11.9 Å². The van der Waals surface area contributed by atoms with Gasteiger partial charge in [0.25, 0.3) is 0 Å². The minimum Gasteiger partial charge on any atom is -0.299 e. The van der Waals surface area contributed by atoms with Crippen molar-refractivity contribution in [3.63, 3.8) is 0 Å². The van der Waals surface area contributed by atoms with Crippen molar-refractivity contribution < 1.29 is 4.39 Å². The molecule has 1 N–H and O–H groups in total. The molecule has 0 aliphatic rings. The monoisotopic (exact) mass is 269 g/mol. The predicted octanol–water partition coefficient (Wildman–Crippen LogP) is 3.26. The highest BCUT2D eigenvalue weighted by atomic mass is 79.9. The first-order valence-corrected chi connectivity index (χ1v) is 5.52. The second kappa shape index (κ2) is 5.89. The highest BCUT2D eigenvalue weighted by Crippen LogP contribution is 2.20. The summed E-state index contributed by atoms with van der Waals surface area (Å²) in [6.07, 6.45) is 0. The minimum absolute atomic E-state index is 0.0288. The number of hydrogen-bond donors (Lipinski definition) is 1. The molecule has 15 heavy (non-hydrogen) atoms. The molecule has 1 nitrogen and oxygen atoms in total. The van der Waals surface area contributed by atoms with E-state index in [9.17, 15) is 4.39 Å². The minimum atomic E-state index is -0.200. The van der Waals surface area contributed by atoms with E-state index in [1.165, 1.54) is 6.07 Å². The van der Waals surface area contributed by atoms with E-state index >= 15 is 0 Å². The highest BCUT2D eigenvalue weighted by Gasteiger charge is 2.09. The summed E-state index contributed by atoms with van der Waals surface area (Å²) in [5.41, 5.74) is 0.663. The lowest BCUT2D eigenvalue weighted by Gasteiger charge is -2.13. The summed E-state index contributed by atoms with van der Waals surface area (Å²) in [7, 11) is 0. The summed E-state index contributed by atoms with van der Waals surface area (Å²) in [5, 5.41) is 3.13. The van der Waals surface area contributed by atoms with Gasteiger partial charge in [-0.3, -0.25) is 5.32 Å². The first-order chi connectivity index (χ1) is 7.15. The predicted molar refractivity (Wildman–Crippen MR) is 64.0 cm³/mol. The van der Waals surface area contributed by atoms with Crippen LogP contribution in [-0.4, -0.2) is 6.54 Å². The van der Waals surface area contributed by atoms with Crippen molar-refractivity contribution >= 4 is 15.9 Å². The van der Waals surface area contributed by atoms with Crippen LogP contribution in [0.5, 0.6) is 0 Å². The Bertz CT molecular complexity index is 392. The van der Waals surface area contributed by atoms with Gasteiger partial charge in [0.1, 0.15) is 5.82 Å². The van der Waals surface area contributed by atoms with Crippen LogP contribution in [0, 0.1) is 17.7 Å². The topological polar surface area (TPSA) is 12.0 Å². The van der Waals surface area contributed by atoms with E-state index in [0.717, 1.165) is 4.47 Å². The van der Waals surface area contributed by atoms with Gasteiger partial charge in [-0.25, -0.2) is 4.39 Å². The van der Waals surface area contributed by atoms with E-state index in [1.54, 1.807) is 13.0 Å². The molecule has 0 saturated heterocycles. The van der Waals surface area contributed by atoms with E-state index < -0.39 is 0 Å². The van der Waals surface area contributed by atoms with Crippen LogP contribution in [0.4, 0.5) is 4.39 Å². The summed E-state index contributed by atoms with van der Waals surface area (Å²) >= 11 is 3.23. The van der Waals surface area contributed by atoms with Gasteiger partial charge in [0, 0.05) is 16.1 Å². The molecule has 0 fully saturated rings. The van der Waals surface area contributed by atoms with Crippen molar-refractivity contribution in [1.29, 1.82) is 0 Å². The van der Waals surface area contributed by atoms with Gasteiger partial charge < -0.3 is 0 Å². The zero-order chi connectivity index (χ0) is 11.3. The molecule has 0 aromatic heterocycles. The van der Waals surface area contributed by atoms with E-state index in [4.69, 9.17) is 0 Å². The van der Waals surface area contributed by atoms with Gasteiger partial charge in [0.15, 0.2) is 0 Å². The summed E-state index contributed by atoms with van der Waals surface area (Å²) < 4.78 is 14.3. The molecule has 0 aliphatic carbocycles. The van der Waals surface area contributed by atoms with Gasteiger partial charge in [0.2, 0.25) is 0 Å². The summed E-state index contributed by atoms with van der Waals surface area (Å²) in [6.45, 7) is 4.28. The molecule has 1 aromatic rings. The maximum atomic E-state index is 13.5. The Morgan fingerprint density at radius 2 is 2.27 bits per heavy atom. The lowest BCUT2D eigenvalue weighted by atomic mass is 10.1. The van der Waals surface area contributed by atoms with E-state index in [1.807, 2.05) is 13.0 Å².